The summed E-state index contributed by atoms with van der Waals surface area (Å²) in [5, 5.41) is 0. The average Bonchev–Trinajstić information content (AvgIpc) is 3.42. The molecular weight excluding hydrogens is 937 g/mol. The molecule has 76 heavy (non-hydrogen) atoms. The van der Waals surface area contributed by atoms with Crippen molar-refractivity contribution >= 4 is 17.9 Å². The highest BCUT2D eigenvalue weighted by Gasteiger charge is 2.19. The SMILES string of the molecule is CC/C=C\C/C=C\C/C=C\C/C=C\C/C=C\CCCCCCCCCCCCCCCCCCCC(=O)OCC(COC(=O)CCCCCCCCC)OC(=O)CCCCCCCCC/C=C\C/C=C\CCCCCC. The Morgan fingerprint density at radius 2 is 0.513 bits per heavy atom. The lowest BCUT2D eigenvalue weighted by molar-refractivity contribution is -0.167. The Balaban J connectivity index is 4.03. The lowest BCUT2D eigenvalue weighted by Crippen LogP contribution is -2.30. The fraction of sp³-hybridized carbons (Fsp3) is 0.757. The van der Waals surface area contributed by atoms with Gasteiger partial charge in [0, 0.05) is 19.3 Å². The molecule has 438 valence electrons. The molecule has 6 nitrogen and oxygen atoms in total. The first-order valence-electron chi connectivity index (χ1n) is 32.6. The second-order valence-electron chi connectivity index (χ2n) is 21.6. The highest BCUT2D eigenvalue weighted by Crippen LogP contribution is 2.17. The van der Waals surface area contributed by atoms with Crippen LogP contribution >= 0.6 is 0 Å². The smallest absolute Gasteiger partial charge is 0.306 e. The first-order chi connectivity index (χ1) is 37.5. The van der Waals surface area contributed by atoms with Gasteiger partial charge in [-0.15, -0.1) is 0 Å². The maximum atomic E-state index is 12.8. The molecule has 0 saturated carbocycles. The zero-order valence-electron chi connectivity index (χ0n) is 50.3. The van der Waals surface area contributed by atoms with Crippen LogP contribution in [0.5, 0.6) is 0 Å². The van der Waals surface area contributed by atoms with E-state index in [0.717, 1.165) is 103 Å². The monoisotopic (exact) mass is 1060 g/mol. The Morgan fingerprint density at radius 3 is 0.816 bits per heavy atom. The molecule has 0 radical (unpaired) electrons. The summed E-state index contributed by atoms with van der Waals surface area (Å²) in [6, 6.07) is 0. The molecule has 1 atom stereocenters. The Labute approximate surface area is 471 Å². The lowest BCUT2D eigenvalue weighted by atomic mass is 10.0. The highest BCUT2D eigenvalue weighted by atomic mass is 16.6. The molecule has 0 aromatic heterocycles. The number of hydrogen-bond donors (Lipinski definition) is 0. The number of ether oxygens (including phenoxy) is 3. The van der Waals surface area contributed by atoms with Crippen molar-refractivity contribution in [3.8, 4) is 0 Å². The van der Waals surface area contributed by atoms with E-state index in [4.69, 9.17) is 14.2 Å². The number of carbonyl (C=O) groups is 3. The zero-order chi connectivity index (χ0) is 55.0. The molecule has 0 aliphatic rings. The van der Waals surface area contributed by atoms with Crippen molar-refractivity contribution < 1.29 is 28.6 Å². The van der Waals surface area contributed by atoms with Crippen molar-refractivity contribution in [2.45, 2.75) is 329 Å². The van der Waals surface area contributed by atoms with Crippen LogP contribution in [0.3, 0.4) is 0 Å². The van der Waals surface area contributed by atoms with Crippen LogP contribution in [-0.2, 0) is 28.6 Å². The number of unbranched alkanes of at least 4 members (excludes halogenated alkanes) is 34. The highest BCUT2D eigenvalue weighted by molar-refractivity contribution is 5.71. The van der Waals surface area contributed by atoms with Gasteiger partial charge in [-0.2, -0.15) is 0 Å². The van der Waals surface area contributed by atoms with Crippen molar-refractivity contribution in [2.75, 3.05) is 13.2 Å². The van der Waals surface area contributed by atoms with Gasteiger partial charge in [0.1, 0.15) is 13.2 Å². The maximum Gasteiger partial charge on any atom is 0.306 e. The third-order valence-electron chi connectivity index (χ3n) is 14.1. The molecule has 0 spiro atoms. The molecule has 6 heteroatoms. The molecule has 0 aromatic rings. The topological polar surface area (TPSA) is 78.9 Å². The van der Waals surface area contributed by atoms with Crippen LogP contribution < -0.4 is 0 Å². The van der Waals surface area contributed by atoms with Crippen LogP contribution in [0, 0.1) is 0 Å². The van der Waals surface area contributed by atoms with E-state index in [9.17, 15) is 14.4 Å². The Hall–Kier alpha value is -3.41. The fourth-order valence-corrected chi connectivity index (χ4v) is 9.27. The molecule has 0 N–H and O–H groups in total. The number of allylic oxidation sites excluding steroid dienone is 14. The molecule has 0 heterocycles. The van der Waals surface area contributed by atoms with E-state index < -0.39 is 6.10 Å². The summed E-state index contributed by atoms with van der Waals surface area (Å²) in [6.45, 7) is 6.49. The van der Waals surface area contributed by atoms with E-state index in [2.05, 4.69) is 106 Å². The Kier molecular flexibility index (Phi) is 61.2. The molecule has 0 rings (SSSR count). The van der Waals surface area contributed by atoms with E-state index in [1.54, 1.807) is 0 Å². The largest absolute Gasteiger partial charge is 0.462 e. The van der Waals surface area contributed by atoms with E-state index in [1.807, 2.05) is 0 Å². The third-order valence-corrected chi connectivity index (χ3v) is 14.1. The number of esters is 3. The minimum Gasteiger partial charge on any atom is -0.462 e. The fourth-order valence-electron chi connectivity index (χ4n) is 9.27. The second kappa shape index (κ2) is 64.1. The van der Waals surface area contributed by atoms with Gasteiger partial charge in [0.2, 0.25) is 0 Å². The van der Waals surface area contributed by atoms with Crippen molar-refractivity contribution in [1.82, 2.24) is 0 Å². The second-order valence-corrected chi connectivity index (χ2v) is 21.6. The van der Waals surface area contributed by atoms with E-state index in [0.29, 0.717) is 19.3 Å². The van der Waals surface area contributed by atoms with Gasteiger partial charge in [-0.1, -0.05) is 292 Å². The summed E-state index contributed by atoms with van der Waals surface area (Å²) in [4.78, 5) is 38.1. The lowest BCUT2D eigenvalue weighted by Gasteiger charge is -2.18. The quantitative estimate of drug-likeness (QED) is 0.0261. The van der Waals surface area contributed by atoms with Crippen LogP contribution in [0.4, 0.5) is 0 Å². The molecule has 0 aliphatic heterocycles. The standard InChI is InChI=1S/C70H122O6/c1-4-7-10-13-16-18-20-22-24-26-28-29-30-31-32-33-34-35-36-37-38-39-40-41-42-44-45-47-49-51-54-57-60-63-69(72)75-66-67(65-74-68(71)62-59-56-53-15-12-9-6-3)76-70(73)64-61-58-55-52-50-48-46-43-27-25-23-21-19-17-14-11-8-5-2/h7,10,16,18-19,21-22,24-25,27-29,31-32,67H,4-6,8-9,11-15,17,20,23,26,30,33-66H2,1-3H3/b10-7-,18-16-,21-19-,24-22-,27-25-,29-28-,32-31-. The first kappa shape index (κ1) is 72.6. The van der Waals surface area contributed by atoms with Gasteiger partial charge in [-0.25, -0.2) is 0 Å². The van der Waals surface area contributed by atoms with Gasteiger partial charge in [-0.3, -0.25) is 14.4 Å². The summed E-state index contributed by atoms with van der Waals surface area (Å²) in [7, 11) is 0. The summed E-state index contributed by atoms with van der Waals surface area (Å²) in [6.07, 6.45) is 84.8. The van der Waals surface area contributed by atoms with Gasteiger partial charge in [0.15, 0.2) is 6.10 Å². The molecule has 0 bridgehead atoms. The van der Waals surface area contributed by atoms with Gasteiger partial charge >= 0.3 is 17.9 Å². The first-order valence-corrected chi connectivity index (χ1v) is 32.6. The van der Waals surface area contributed by atoms with Crippen molar-refractivity contribution in [1.29, 1.82) is 0 Å². The number of rotatable bonds is 59. The number of hydrogen-bond acceptors (Lipinski definition) is 6. The predicted octanol–water partition coefficient (Wildman–Crippen LogP) is 22.3. The van der Waals surface area contributed by atoms with Crippen LogP contribution in [0.25, 0.3) is 0 Å². The molecule has 0 amide bonds. The summed E-state index contributed by atoms with van der Waals surface area (Å²) in [5.74, 6) is -0.877. The van der Waals surface area contributed by atoms with Crippen molar-refractivity contribution in [2.24, 2.45) is 0 Å². The van der Waals surface area contributed by atoms with E-state index in [1.165, 1.54) is 180 Å². The van der Waals surface area contributed by atoms with Crippen molar-refractivity contribution in [3.63, 3.8) is 0 Å². The van der Waals surface area contributed by atoms with Gasteiger partial charge in [0.05, 0.1) is 0 Å². The maximum absolute atomic E-state index is 12.8. The summed E-state index contributed by atoms with van der Waals surface area (Å²) < 4.78 is 16.8. The van der Waals surface area contributed by atoms with E-state index in [-0.39, 0.29) is 31.1 Å². The molecule has 0 saturated heterocycles. The normalized spacial score (nSPS) is 12.6. The third kappa shape index (κ3) is 61.4. The Morgan fingerprint density at radius 1 is 0.276 bits per heavy atom. The number of carbonyl (C=O) groups excluding carboxylic acids is 3. The van der Waals surface area contributed by atoms with Crippen LogP contribution in [0.2, 0.25) is 0 Å². The van der Waals surface area contributed by atoms with Gasteiger partial charge in [-0.05, 0) is 96.3 Å². The zero-order valence-corrected chi connectivity index (χ0v) is 50.3. The minimum absolute atomic E-state index is 0.0756. The molecule has 0 aliphatic carbocycles. The van der Waals surface area contributed by atoms with Crippen molar-refractivity contribution in [3.05, 3.63) is 85.1 Å². The van der Waals surface area contributed by atoms with E-state index >= 15 is 0 Å². The van der Waals surface area contributed by atoms with Gasteiger partial charge in [0.25, 0.3) is 0 Å². The summed E-state index contributed by atoms with van der Waals surface area (Å²) >= 11 is 0. The van der Waals surface area contributed by atoms with Crippen LogP contribution in [0.15, 0.2) is 85.1 Å². The summed E-state index contributed by atoms with van der Waals surface area (Å²) in [5.41, 5.74) is 0. The van der Waals surface area contributed by atoms with Crippen LogP contribution in [-0.4, -0.2) is 37.2 Å². The Bertz CT molecular complexity index is 1450. The molecule has 0 fully saturated rings. The minimum atomic E-state index is -0.776. The average molecular weight is 1060 g/mol. The molecular formula is C70H122O6. The predicted molar refractivity (Wildman–Crippen MR) is 330 cm³/mol. The molecule has 1 unspecified atom stereocenters. The van der Waals surface area contributed by atoms with Gasteiger partial charge < -0.3 is 14.2 Å². The molecule has 0 aromatic carbocycles. The van der Waals surface area contributed by atoms with Crippen LogP contribution in [0.1, 0.15) is 323 Å².